The number of thioether (sulfide) groups is 1. The number of rotatable bonds is 4. The lowest BCUT2D eigenvalue weighted by molar-refractivity contribution is 0.212. The van der Waals surface area contributed by atoms with Gasteiger partial charge in [-0.2, -0.15) is 0 Å². The third-order valence-corrected chi connectivity index (χ3v) is 5.46. The van der Waals surface area contributed by atoms with Gasteiger partial charge in [-0.3, -0.25) is 0 Å². The molecule has 2 bridgehead atoms. The van der Waals surface area contributed by atoms with Crippen LogP contribution in [0.1, 0.15) is 31.4 Å². The minimum absolute atomic E-state index is 0.466. The predicted molar refractivity (Wildman–Crippen MR) is 82.7 cm³/mol. The van der Waals surface area contributed by atoms with E-state index in [9.17, 15) is 0 Å². The summed E-state index contributed by atoms with van der Waals surface area (Å²) in [5.41, 5.74) is 1.42. The molecule has 1 aromatic rings. The molecular formula is C16H24N2S. The summed E-state index contributed by atoms with van der Waals surface area (Å²) in [6.45, 7) is 6.22. The van der Waals surface area contributed by atoms with Gasteiger partial charge in [0, 0.05) is 23.5 Å². The summed E-state index contributed by atoms with van der Waals surface area (Å²) in [6, 6.07) is 10.2. The number of hydrogen-bond donors (Lipinski definition) is 1. The van der Waals surface area contributed by atoms with Crippen molar-refractivity contribution in [3.8, 4) is 0 Å². The van der Waals surface area contributed by atoms with E-state index < -0.39 is 0 Å². The Hall–Kier alpha value is -0.510. The topological polar surface area (TPSA) is 15.3 Å². The van der Waals surface area contributed by atoms with Crippen LogP contribution in [0.2, 0.25) is 0 Å². The van der Waals surface area contributed by atoms with Crippen molar-refractivity contribution in [3.05, 3.63) is 29.8 Å². The van der Waals surface area contributed by atoms with Crippen molar-refractivity contribution in [3.63, 3.8) is 0 Å². The smallest absolute Gasteiger partial charge is 0.0294 e. The average Bonchev–Trinajstić information content (AvgIpc) is 2.85. The van der Waals surface area contributed by atoms with E-state index in [2.05, 4.69) is 47.7 Å². The summed E-state index contributed by atoms with van der Waals surface area (Å²) in [6.07, 6.45) is 4.83. The number of nitrogens with zero attached hydrogens (tertiary/aromatic N) is 1. The molecule has 3 rings (SSSR count). The molecule has 0 aliphatic carbocycles. The zero-order chi connectivity index (χ0) is 13.2. The van der Waals surface area contributed by atoms with Gasteiger partial charge < -0.3 is 10.2 Å². The lowest BCUT2D eigenvalue weighted by Gasteiger charge is -2.33. The van der Waals surface area contributed by atoms with Gasteiger partial charge in [-0.1, -0.05) is 12.1 Å². The lowest BCUT2D eigenvalue weighted by Crippen LogP contribution is -2.44. The first-order valence-corrected chi connectivity index (χ1v) is 8.61. The SMILES string of the molecule is CSc1ccc(C(C)NC2CCN3CCC2C3)cc1. The van der Waals surface area contributed by atoms with E-state index in [1.165, 1.54) is 42.9 Å². The zero-order valence-corrected chi connectivity index (χ0v) is 12.7. The van der Waals surface area contributed by atoms with E-state index in [1.54, 1.807) is 0 Å². The highest BCUT2D eigenvalue weighted by molar-refractivity contribution is 7.98. The maximum Gasteiger partial charge on any atom is 0.0294 e. The summed E-state index contributed by atoms with van der Waals surface area (Å²) >= 11 is 1.81. The van der Waals surface area contributed by atoms with Gasteiger partial charge in [-0.25, -0.2) is 0 Å². The van der Waals surface area contributed by atoms with Gasteiger partial charge in [-0.05, 0) is 62.7 Å². The molecule has 2 heterocycles. The van der Waals surface area contributed by atoms with Crippen molar-refractivity contribution in [1.29, 1.82) is 0 Å². The zero-order valence-electron chi connectivity index (χ0n) is 11.9. The van der Waals surface area contributed by atoms with Crippen LogP contribution in [0.3, 0.4) is 0 Å². The summed E-state index contributed by atoms with van der Waals surface area (Å²) in [7, 11) is 0. The summed E-state index contributed by atoms with van der Waals surface area (Å²) in [5.74, 6) is 0.877. The van der Waals surface area contributed by atoms with Crippen LogP contribution < -0.4 is 5.32 Å². The average molecular weight is 276 g/mol. The molecule has 0 aromatic heterocycles. The number of benzene rings is 1. The van der Waals surface area contributed by atoms with E-state index >= 15 is 0 Å². The second kappa shape index (κ2) is 5.86. The van der Waals surface area contributed by atoms with Gasteiger partial charge in [0.05, 0.1) is 0 Å². The van der Waals surface area contributed by atoms with Crippen LogP contribution in [0.15, 0.2) is 29.2 Å². The molecule has 1 N–H and O–H groups in total. The van der Waals surface area contributed by atoms with Crippen LogP contribution in [-0.2, 0) is 0 Å². The Morgan fingerprint density at radius 3 is 2.68 bits per heavy atom. The molecule has 2 aliphatic rings. The van der Waals surface area contributed by atoms with Crippen molar-refractivity contribution >= 4 is 11.8 Å². The summed E-state index contributed by atoms with van der Waals surface area (Å²) in [4.78, 5) is 3.96. The van der Waals surface area contributed by atoms with Crippen molar-refractivity contribution in [2.24, 2.45) is 5.92 Å². The van der Waals surface area contributed by atoms with E-state index in [-0.39, 0.29) is 0 Å². The fraction of sp³-hybridized carbons (Fsp3) is 0.625. The van der Waals surface area contributed by atoms with Crippen LogP contribution in [0.5, 0.6) is 0 Å². The van der Waals surface area contributed by atoms with Gasteiger partial charge in [-0.15, -0.1) is 11.8 Å². The van der Waals surface area contributed by atoms with Crippen molar-refractivity contribution in [2.45, 2.75) is 36.7 Å². The van der Waals surface area contributed by atoms with Crippen LogP contribution >= 0.6 is 11.8 Å². The number of fused-ring (bicyclic) bond motifs is 2. The molecule has 0 radical (unpaired) electrons. The highest BCUT2D eigenvalue weighted by atomic mass is 32.2. The van der Waals surface area contributed by atoms with E-state index in [0.29, 0.717) is 12.1 Å². The van der Waals surface area contributed by atoms with Gasteiger partial charge in [0.15, 0.2) is 0 Å². The lowest BCUT2D eigenvalue weighted by atomic mass is 9.93. The summed E-state index contributed by atoms with van der Waals surface area (Å²) < 4.78 is 0. The highest BCUT2D eigenvalue weighted by Crippen LogP contribution is 2.29. The van der Waals surface area contributed by atoms with Gasteiger partial charge in [0.1, 0.15) is 0 Å². The molecular weight excluding hydrogens is 252 g/mol. The summed E-state index contributed by atoms with van der Waals surface area (Å²) in [5, 5.41) is 3.87. The first kappa shape index (κ1) is 13.5. The van der Waals surface area contributed by atoms with E-state index in [1.807, 2.05) is 11.8 Å². The maximum absolute atomic E-state index is 3.87. The largest absolute Gasteiger partial charge is 0.307 e. The molecule has 4 atom stereocenters. The molecule has 3 heteroatoms. The number of hydrogen-bond acceptors (Lipinski definition) is 3. The highest BCUT2D eigenvalue weighted by Gasteiger charge is 2.34. The van der Waals surface area contributed by atoms with Crippen molar-refractivity contribution in [2.75, 3.05) is 25.9 Å². The Kier molecular flexibility index (Phi) is 4.15. The predicted octanol–water partition coefficient (Wildman–Crippen LogP) is 3.15. The molecule has 2 aliphatic heterocycles. The first-order valence-electron chi connectivity index (χ1n) is 7.38. The van der Waals surface area contributed by atoms with Gasteiger partial charge >= 0.3 is 0 Å². The van der Waals surface area contributed by atoms with Crippen LogP contribution in [0.4, 0.5) is 0 Å². The fourth-order valence-electron chi connectivity index (χ4n) is 3.48. The Balaban J connectivity index is 1.62. The Labute approximate surface area is 121 Å². The van der Waals surface area contributed by atoms with Crippen LogP contribution in [0.25, 0.3) is 0 Å². The second-order valence-corrected chi connectivity index (χ2v) is 6.79. The molecule has 4 unspecified atom stereocenters. The molecule has 2 nitrogen and oxygen atoms in total. The standard InChI is InChI=1S/C16H24N2S/c1-12(13-3-5-15(19-2)6-4-13)17-16-8-10-18-9-7-14(16)11-18/h3-6,12,14,16-17H,7-11H2,1-2H3. The monoisotopic (exact) mass is 276 g/mol. The minimum Gasteiger partial charge on any atom is -0.307 e. The maximum atomic E-state index is 3.87. The van der Waals surface area contributed by atoms with Gasteiger partial charge in [0.2, 0.25) is 0 Å². The number of nitrogens with one attached hydrogen (secondary N) is 1. The first-order chi connectivity index (χ1) is 9.26. The van der Waals surface area contributed by atoms with Crippen LogP contribution in [-0.4, -0.2) is 36.8 Å². The quantitative estimate of drug-likeness (QED) is 0.851. The Morgan fingerprint density at radius 2 is 1.95 bits per heavy atom. The minimum atomic E-state index is 0.466. The molecule has 0 saturated carbocycles. The molecule has 2 saturated heterocycles. The molecule has 19 heavy (non-hydrogen) atoms. The third-order valence-electron chi connectivity index (χ3n) is 4.71. The molecule has 1 aromatic carbocycles. The Bertz CT molecular complexity index is 417. The molecule has 2 fully saturated rings. The normalized spacial score (nSPS) is 31.4. The second-order valence-electron chi connectivity index (χ2n) is 5.91. The van der Waals surface area contributed by atoms with Crippen molar-refractivity contribution in [1.82, 2.24) is 10.2 Å². The van der Waals surface area contributed by atoms with Crippen molar-refractivity contribution < 1.29 is 0 Å². The molecule has 0 spiro atoms. The van der Waals surface area contributed by atoms with E-state index in [4.69, 9.17) is 0 Å². The molecule has 0 amide bonds. The Morgan fingerprint density at radius 1 is 1.21 bits per heavy atom. The third kappa shape index (κ3) is 2.99. The number of piperidine rings is 1. The van der Waals surface area contributed by atoms with E-state index in [0.717, 1.165) is 5.92 Å². The van der Waals surface area contributed by atoms with Gasteiger partial charge in [0.25, 0.3) is 0 Å². The van der Waals surface area contributed by atoms with Crippen LogP contribution in [0, 0.1) is 5.92 Å². The molecule has 104 valence electrons. The fourth-order valence-corrected chi connectivity index (χ4v) is 3.89.